The first-order valence-corrected chi connectivity index (χ1v) is 9.72. The van der Waals surface area contributed by atoms with Gasteiger partial charge in [0.1, 0.15) is 12.1 Å². The molecule has 32 heavy (non-hydrogen) atoms. The van der Waals surface area contributed by atoms with Gasteiger partial charge in [-0.1, -0.05) is 12.1 Å². The van der Waals surface area contributed by atoms with E-state index in [2.05, 4.69) is 20.3 Å². The van der Waals surface area contributed by atoms with Gasteiger partial charge in [-0.25, -0.2) is 19.7 Å². The molecule has 1 aliphatic carbocycles. The zero-order valence-electron chi connectivity index (χ0n) is 16.6. The highest BCUT2D eigenvalue weighted by molar-refractivity contribution is 6.03. The molecule has 0 aliphatic heterocycles. The van der Waals surface area contributed by atoms with Crippen LogP contribution in [0.15, 0.2) is 55.0 Å². The van der Waals surface area contributed by atoms with E-state index in [1.807, 2.05) is 0 Å². The molecule has 1 unspecified atom stereocenters. The number of nitrogen functional groups attached to an aromatic ring is 1. The van der Waals surface area contributed by atoms with Crippen molar-refractivity contribution in [1.82, 2.24) is 15.0 Å². The highest BCUT2D eigenvalue weighted by Gasteiger charge is 2.39. The summed E-state index contributed by atoms with van der Waals surface area (Å²) < 4.78 is 39.4. The highest BCUT2D eigenvalue weighted by Crippen LogP contribution is 2.36. The van der Waals surface area contributed by atoms with Crippen LogP contribution in [-0.2, 0) is 6.18 Å². The summed E-state index contributed by atoms with van der Waals surface area (Å²) in [5.74, 6) is 0.270. The van der Waals surface area contributed by atoms with Crippen LogP contribution in [0.2, 0.25) is 0 Å². The van der Waals surface area contributed by atoms with Crippen LogP contribution in [-0.4, -0.2) is 38.2 Å². The molecule has 2 aromatic heterocycles. The number of amides is 2. The van der Waals surface area contributed by atoms with Crippen molar-refractivity contribution in [3.8, 4) is 11.3 Å². The summed E-state index contributed by atoms with van der Waals surface area (Å²) in [5.41, 5.74) is 5.83. The molecule has 0 spiro atoms. The summed E-state index contributed by atoms with van der Waals surface area (Å²) in [6.07, 6.45) is -1.58. The molecule has 1 aliphatic rings. The Bertz CT molecular complexity index is 1130. The number of pyridine rings is 1. The van der Waals surface area contributed by atoms with Gasteiger partial charge in [-0.05, 0) is 43.2 Å². The van der Waals surface area contributed by atoms with Crippen molar-refractivity contribution >= 4 is 23.4 Å². The quantitative estimate of drug-likeness (QED) is 0.565. The summed E-state index contributed by atoms with van der Waals surface area (Å²) in [4.78, 5) is 26.4. The number of carbonyl (C=O) groups is 1. The number of nitrogens with one attached hydrogen (secondary N) is 1. The van der Waals surface area contributed by atoms with Crippen LogP contribution in [0.25, 0.3) is 11.3 Å². The van der Waals surface area contributed by atoms with Crippen LogP contribution in [0.3, 0.4) is 0 Å². The van der Waals surface area contributed by atoms with Gasteiger partial charge in [0.2, 0.25) is 0 Å². The van der Waals surface area contributed by atoms with Crippen LogP contribution in [0.1, 0.15) is 18.4 Å². The minimum Gasteiger partial charge on any atom is -0.396 e. The first-order valence-electron chi connectivity index (χ1n) is 9.72. The fourth-order valence-corrected chi connectivity index (χ4v) is 3.37. The van der Waals surface area contributed by atoms with E-state index in [0.29, 0.717) is 12.8 Å². The predicted molar refractivity (Wildman–Crippen MR) is 112 cm³/mol. The number of nitrogens with two attached hydrogens (primary N) is 1. The van der Waals surface area contributed by atoms with Gasteiger partial charge in [-0.15, -0.1) is 0 Å². The standard InChI is InChI=1S/C21H19F3N6O2/c22-21(23,24)13-3-1-2-12(10-13)15-5-4-14(25)19(28-15)30(16-6-7-17(16)31)20(32)29-18-8-9-26-11-27-18/h1-5,8-11,16-17,31H,6-7,25H2,(H,26,27,29,32)/t16?,17-/m1/s1. The molecule has 4 N–H and O–H groups in total. The number of rotatable bonds is 4. The predicted octanol–water partition coefficient (Wildman–Crippen LogP) is 3.70. The Morgan fingerprint density at radius 1 is 1.19 bits per heavy atom. The lowest BCUT2D eigenvalue weighted by Gasteiger charge is -2.41. The lowest BCUT2D eigenvalue weighted by Crippen LogP contribution is -2.55. The van der Waals surface area contributed by atoms with E-state index in [1.165, 1.54) is 47.8 Å². The molecule has 11 heteroatoms. The maximum Gasteiger partial charge on any atom is 0.416 e. The monoisotopic (exact) mass is 444 g/mol. The van der Waals surface area contributed by atoms with Crippen LogP contribution in [0.5, 0.6) is 0 Å². The summed E-state index contributed by atoms with van der Waals surface area (Å²) >= 11 is 0. The van der Waals surface area contributed by atoms with Crippen LogP contribution in [0.4, 0.5) is 35.3 Å². The van der Waals surface area contributed by atoms with Crippen molar-refractivity contribution in [2.24, 2.45) is 0 Å². The molecule has 1 fully saturated rings. The number of carbonyl (C=O) groups excluding carboxylic acids is 1. The Balaban J connectivity index is 1.73. The largest absolute Gasteiger partial charge is 0.416 e. The maximum absolute atomic E-state index is 13.1. The second kappa shape index (κ2) is 8.42. The molecular formula is C21H19F3N6O2. The Morgan fingerprint density at radius 3 is 2.62 bits per heavy atom. The highest BCUT2D eigenvalue weighted by atomic mass is 19.4. The molecule has 0 saturated heterocycles. The van der Waals surface area contributed by atoms with E-state index in [-0.39, 0.29) is 28.6 Å². The number of alkyl halides is 3. The van der Waals surface area contributed by atoms with E-state index in [0.717, 1.165) is 12.1 Å². The number of hydrogen-bond donors (Lipinski definition) is 3. The Kier molecular flexibility index (Phi) is 5.66. The number of nitrogens with zero attached hydrogens (tertiary/aromatic N) is 4. The Morgan fingerprint density at radius 2 is 2.00 bits per heavy atom. The summed E-state index contributed by atoms with van der Waals surface area (Å²) in [5, 5.41) is 12.8. The molecule has 3 aromatic rings. The third-order valence-electron chi connectivity index (χ3n) is 5.19. The molecule has 2 atom stereocenters. The summed E-state index contributed by atoms with van der Waals surface area (Å²) in [6.45, 7) is 0. The van der Waals surface area contributed by atoms with Crippen molar-refractivity contribution in [3.05, 3.63) is 60.6 Å². The normalized spacial score (nSPS) is 18.0. The van der Waals surface area contributed by atoms with Gasteiger partial charge >= 0.3 is 12.2 Å². The van der Waals surface area contributed by atoms with Crippen LogP contribution in [0, 0.1) is 0 Å². The minimum atomic E-state index is -4.51. The number of urea groups is 1. The zero-order chi connectivity index (χ0) is 22.9. The van der Waals surface area contributed by atoms with Crippen molar-refractivity contribution < 1.29 is 23.1 Å². The lowest BCUT2D eigenvalue weighted by molar-refractivity contribution is -0.137. The first kappa shape index (κ1) is 21.5. The van der Waals surface area contributed by atoms with E-state index >= 15 is 0 Å². The first-order chi connectivity index (χ1) is 15.2. The summed E-state index contributed by atoms with van der Waals surface area (Å²) in [7, 11) is 0. The third kappa shape index (κ3) is 4.33. The van der Waals surface area contributed by atoms with Gasteiger partial charge < -0.3 is 10.8 Å². The van der Waals surface area contributed by atoms with Crippen molar-refractivity contribution in [3.63, 3.8) is 0 Å². The SMILES string of the molecule is Nc1ccc(-c2cccc(C(F)(F)F)c2)nc1N(C(=O)Nc1ccncn1)C1CC[C@H]1O. The topological polar surface area (TPSA) is 117 Å². The van der Waals surface area contributed by atoms with Gasteiger partial charge in [-0.2, -0.15) is 13.2 Å². The molecule has 0 bridgehead atoms. The molecule has 166 valence electrons. The van der Waals surface area contributed by atoms with Gasteiger partial charge in [0, 0.05) is 11.8 Å². The number of halogens is 3. The maximum atomic E-state index is 13.1. The Hall–Kier alpha value is -3.73. The van der Waals surface area contributed by atoms with E-state index in [9.17, 15) is 23.1 Å². The van der Waals surface area contributed by atoms with Crippen molar-refractivity contribution in [2.75, 3.05) is 16.0 Å². The number of aliphatic hydroxyl groups is 1. The summed E-state index contributed by atoms with van der Waals surface area (Å²) in [6, 6.07) is 7.92. The minimum absolute atomic E-state index is 0.0372. The van der Waals surface area contributed by atoms with E-state index in [1.54, 1.807) is 0 Å². The van der Waals surface area contributed by atoms with Gasteiger partial charge in [0.15, 0.2) is 5.82 Å². The molecule has 1 aromatic carbocycles. The fraction of sp³-hybridized carbons (Fsp3) is 0.238. The lowest BCUT2D eigenvalue weighted by atomic mass is 9.87. The van der Waals surface area contributed by atoms with Crippen molar-refractivity contribution in [1.29, 1.82) is 0 Å². The number of hydrogen-bond acceptors (Lipinski definition) is 6. The van der Waals surface area contributed by atoms with Gasteiger partial charge in [-0.3, -0.25) is 10.2 Å². The molecular weight excluding hydrogens is 425 g/mol. The number of aliphatic hydroxyl groups excluding tert-OH is 1. The molecule has 2 heterocycles. The van der Waals surface area contributed by atoms with Crippen LogP contribution >= 0.6 is 0 Å². The van der Waals surface area contributed by atoms with E-state index in [4.69, 9.17) is 5.73 Å². The third-order valence-corrected chi connectivity index (χ3v) is 5.19. The van der Waals surface area contributed by atoms with Crippen molar-refractivity contribution in [2.45, 2.75) is 31.2 Å². The number of benzene rings is 1. The molecule has 4 rings (SSSR count). The average molecular weight is 444 g/mol. The van der Waals surface area contributed by atoms with Gasteiger partial charge in [0.25, 0.3) is 0 Å². The zero-order valence-corrected chi connectivity index (χ0v) is 16.6. The number of aromatic nitrogens is 3. The van der Waals surface area contributed by atoms with Crippen LogP contribution < -0.4 is 16.0 Å². The average Bonchev–Trinajstić information content (AvgIpc) is 2.77. The smallest absolute Gasteiger partial charge is 0.396 e. The molecule has 1 saturated carbocycles. The Labute approximate surface area is 180 Å². The molecule has 8 nitrogen and oxygen atoms in total. The number of anilines is 3. The fourth-order valence-electron chi connectivity index (χ4n) is 3.37. The molecule has 2 amide bonds. The van der Waals surface area contributed by atoms with Gasteiger partial charge in [0.05, 0.1) is 29.1 Å². The molecule has 0 radical (unpaired) electrons. The second-order valence-corrected chi connectivity index (χ2v) is 7.29. The van der Waals surface area contributed by atoms with E-state index < -0.39 is 29.9 Å². The second-order valence-electron chi connectivity index (χ2n) is 7.29.